The topological polar surface area (TPSA) is 82.3 Å². The molecule has 0 spiro atoms. The molecule has 6 heteroatoms. The summed E-state index contributed by atoms with van der Waals surface area (Å²) < 4.78 is 0. The van der Waals surface area contributed by atoms with Gasteiger partial charge in [-0.3, -0.25) is 9.59 Å². The SMILES string of the molecule is CC(=O)NCCNC(=O)c1ccc2c(c1)NCCN2. The minimum absolute atomic E-state index is 0.0988. The molecule has 1 aromatic carbocycles. The first kappa shape index (κ1) is 13.2. The van der Waals surface area contributed by atoms with Crippen molar-refractivity contribution in [2.24, 2.45) is 0 Å². The van der Waals surface area contributed by atoms with Gasteiger partial charge in [-0.1, -0.05) is 0 Å². The van der Waals surface area contributed by atoms with Crippen LogP contribution in [-0.2, 0) is 4.79 Å². The second kappa shape index (κ2) is 6.08. The summed E-state index contributed by atoms with van der Waals surface area (Å²) in [5.74, 6) is -0.237. The molecule has 0 aromatic heterocycles. The number of benzene rings is 1. The number of amides is 2. The van der Waals surface area contributed by atoms with Crippen LogP contribution in [0.25, 0.3) is 0 Å². The number of carbonyl (C=O) groups excluding carboxylic acids is 2. The molecule has 0 atom stereocenters. The van der Waals surface area contributed by atoms with Crippen molar-refractivity contribution in [3.05, 3.63) is 23.8 Å². The van der Waals surface area contributed by atoms with E-state index in [-0.39, 0.29) is 11.8 Å². The van der Waals surface area contributed by atoms with Crippen molar-refractivity contribution >= 4 is 23.2 Å². The molecule has 0 saturated heterocycles. The number of fused-ring (bicyclic) bond motifs is 1. The van der Waals surface area contributed by atoms with E-state index in [4.69, 9.17) is 0 Å². The van der Waals surface area contributed by atoms with Gasteiger partial charge in [0, 0.05) is 38.7 Å². The molecule has 4 N–H and O–H groups in total. The Bertz CT molecular complexity index is 488. The first-order chi connectivity index (χ1) is 9.16. The number of hydrogen-bond acceptors (Lipinski definition) is 4. The van der Waals surface area contributed by atoms with Gasteiger partial charge in [0.2, 0.25) is 5.91 Å². The Morgan fingerprint density at radius 3 is 2.53 bits per heavy atom. The predicted octanol–water partition coefficient (Wildman–Crippen LogP) is 0.390. The Labute approximate surface area is 112 Å². The molecule has 0 radical (unpaired) electrons. The summed E-state index contributed by atoms with van der Waals surface area (Å²) in [7, 11) is 0. The maximum Gasteiger partial charge on any atom is 0.251 e. The Kier molecular flexibility index (Phi) is 4.22. The third-order valence-corrected chi connectivity index (χ3v) is 2.82. The average molecular weight is 262 g/mol. The molecule has 6 nitrogen and oxygen atoms in total. The summed E-state index contributed by atoms with van der Waals surface area (Å²) in [6, 6.07) is 5.51. The minimum Gasteiger partial charge on any atom is -0.382 e. The van der Waals surface area contributed by atoms with Crippen molar-refractivity contribution in [2.75, 3.05) is 36.8 Å². The summed E-state index contributed by atoms with van der Waals surface area (Å²) in [5.41, 5.74) is 2.57. The second-order valence-electron chi connectivity index (χ2n) is 4.35. The van der Waals surface area contributed by atoms with E-state index in [9.17, 15) is 9.59 Å². The standard InChI is InChI=1S/C13H18N4O2/c1-9(18)14-4-7-17-13(19)10-2-3-11-12(8-10)16-6-5-15-11/h2-3,8,15-16H,4-7H2,1H3,(H,14,18)(H,17,19). The van der Waals surface area contributed by atoms with Crippen LogP contribution in [0.4, 0.5) is 11.4 Å². The fourth-order valence-corrected chi connectivity index (χ4v) is 1.90. The van der Waals surface area contributed by atoms with E-state index in [1.807, 2.05) is 12.1 Å². The number of nitrogens with one attached hydrogen (secondary N) is 4. The minimum atomic E-state index is -0.138. The maximum atomic E-state index is 11.9. The van der Waals surface area contributed by atoms with Gasteiger partial charge in [-0.05, 0) is 18.2 Å². The Hall–Kier alpha value is -2.24. The highest BCUT2D eigenvalue weighted by Crippen LogP contribution is 2.25. The fourth-order valence-electron chi connectivity index (χ4n) is 1.90. The number of carbonyl (C=O) groups is 2. The second-order valence-corrected chi connectivity index (χ2v) is 4.35. The van der Waals surface area contributed by atoms with Crippen LogP contribution in [0.1, 0.15) is 17.3 Å². The zero-order valence-corrected chi connectivity index (χ0v) is 10.9. The molecule has 0 fully saturated rings. The highest BCUT2D eigenvalue weighted by molar-refractivity contribution is 5.96. The van der Waals surface area contributed by atoms with E-state index >= 15 is 0 Å². The van der Waals surface area contributed by atoms with Crippen molar-refractivity contribution in [2.45, 2.75) is 6.92 Å². The number of anilines is 2. The van der Waals surface area contributed by atoms with E-state index in [0.29, 0.717) is 18.7 Å². The molecule has 1 aliphatic rings. The van der Waals surface area contributed by atoms with Gasteiger partial charge in [-0.15, -0.1) is 0 Å². The summed E-state index contributed by atoms with van der Waals surface area (Å²) in [4.78, 5) is 22.6. The number of rotatable bonds is 4. The van der Waals surface area contributed by atoms with Crippen LogP contribution in [0, 0.1) is 0 Å². The zero-order valence-electron chi connectivity index (χ0n) is 10.9. The molecule has 0 saturated carbocycles. The quantitative estimate of drug-likeness (QED) is 0.592. The molecule has 0 bridgehead atoms. The van der Waals surface area contributed by atoms with Gasteiger partial charge in [0.1, 0.15) is 0 Å². The van der Waals surface area contributed by atoms with E-state index in [0.717, 1.165) is 24.5 Å². The lowest BCUT2D eigenvalue weighted by Gasteiger charge is -2.20. The van der Waals surface area contributed by atoms with Gasteiger partial charge in [0.05, 0.1) is 11.4 Å². The van der Waals surface area contributed by atoms with E-state index < -0.39 is 0 Å². The maximum absolute atomic E-state index is 11.9. The van der Waals surface area contributed by atoms with Crippen molar-refractivity contribution in [3.63, 3.8) is 0 Å². The molecule has 19 heavy (non-hydrogen) atoms. The van der Waals surface area contributed by atoms with Crippen LogP contribution >= 0.6 is 0 Å². The summed E-state index contributed by atoms with van der Waals surface area (Å²) in [6.45, 7) is 4.03. The first-order valence-electron chi connectivity index (χ1n) is 6.31. The highest BCUT2D eigenvalue weighted by Gasteiger charge is 2.11. The van der Waals surface area contributed by atoms with E-state index in [1.165, 1.54) is 6.92 Å². The van der Waals surface area contributed by atoms with Crippen LogP contribution in [0.3, 0.4) is 0 Å². The van der Waals surface area contributed by atoms with Gasteiger partial charge >= 0.3 is 0 Å². The predicted molar refractivity (Wildman–Crippen MR) is 74.4 cm³/mol. The van der Waals surface area contributed by atoms with Crippen molar-refractivity contribution in [1.82, 2.24) is 10.6 Å². The molecule has 102 valence electrons. The molecule has 2 rings (SSSR count). The molecular formula is C13H18N4O2. The van der Waals surface area contributed by atoms with Gasteiger partial charge in [-0.25, -0.2) is 0 Å². The highest BCUT2D eigenvalue weighted by atomic mass is 16.2. The third-order valence-electron chi connectivity index (χ3n) is 2.82. The smallest absolute Gasteiger partial charge is 0.251 e. The molecular weight excluding hydrogens is 244 g/mol. The van der Waals surface area contributed by atoms with Gasteiger partial charge < -0.3 is 21.3 Å². The van der Waals surface area contributed by atoms with E-state index in [1.54, 1.807) is 6.07 Å². The third kappa shape index (κ3) is 3.61. The van der Waals surface area contributed by atoms with Gasteiger partial charge in [-0.2, -0.15) is 0 Å². The normalized spacial score (nSPS) is 12.7. The Morgan fingerprint density at radius 1 is 1.11 bits per heavy atom. The van der Waals surface area contributed by atoms with Gasteiger partial charge in [0.25, 0.3) is 5.91 Å². The van der Waals surface area contributed by atoms with Crippen molar-refractivity contribution in [1.29, 1.82) is 0 Å². The molecule has 0 unspecified atom stereocenters. The molecule has 2 amide bonds. The van der Waals surface area contributed by atoms with Crippen LogP contribution in [0.5, 0.6) is 0 Å². The fraction of sp³-hybridized carbons (Fsp3) is 0.385. The lowest BCUT2D eigenvalue weighted by atomic mass is 10.1. The lowest BCUT2D eigenvalue weighted by Crippen LogP contribution is -2.33. The summed E-state index contributed by atoms with van der Waals surface area (Å²) >= 11 is 0. The molecule has 0 aliphatic carbocycles. The molecule has 1 aromatic rings. The molecule has 1 aliphatic heterocycles. The first-order valence-corrected chi connectivity index (χ1v) is 6.31. The van der Waals surface area contributed by atoms with Crippen molar-refractivity contribution in [3.8, 4) is 0 Å². The molecule has 1 heterocycles. The van der Waals surface area contributed by atoms with Crippen LogP contribution in [-0.4, -0.2) is 38.0 Å². The van der Waals surface area contributed by atoms with Crippen LogP contribution < -0.4 is 21.3 Å². The largest absolute Gasteiger partial charge is 0.382 e. The summed E-state index contributed by atoms with van der Waals surface area (Å²) in [5, 5.41) is 11.9. The Morgan fingerprint density at radius 2 is 1.79 bits per heavy atom. The number of hydrogen-bond donors (Lipinski definition) is 4. The Balaban J connectivity index is 1.90. The van der Waals surface area contributed by atoms with Crippen LogP contribution in [0.2, 0.25) is 0 Å². The van der Waals surface area contributed by atoms with Crippen LogP contribution in [0.15, 0.2) is 18.2 Å². The van der Waals surface area contributed by atoms with Gasteiger partial charge in [0.15, 0.2) is 0 Å². The summed E-state index contributed by atoms with van der Waals surface area (Å²) in [6.07, 6.45) is 0. The average Bonchev–Trinajstić information content (AvgIpc) is 2.42. The monoisotopic (exact) mass is 262 g/mol. The zero-order chi connectivity index (χ0) is 13.7. The lowest BCUT2D eigenvalue weighted by molar-refractivity contribution is -0.118. The van der Waals surface area contributed by atoms with Crippen molar-refractivity contribution < 1.29 is 9.59 Å². The van der Waals surface area contributed by atoms with E-state index in [2.05, 4.69) is 21.3 Å².